The molecule has 0 saturated carbocycles. The van der Waals surface area contributed by atoms with Crippen LogP contribution in [-0.4, -0.2) is 51.6 Å². The molecule has 0 radical (unpaired) electrons. The number of rotatable bonds is 6. The largest absolute Gasteiger partial charge is 0.478 e. The zero-order valence-corrected chi connectivity index (χ0v) is 13.0. The van der Waals surface area contributed by atoms with Crippen molar-refractivity contribution >= 4 is 40.5 Å². The number of aromatic carboxylic acids is 1. The second kappa shape index (κ2) is 7.14. The maximum Gasteiger partial charge on any atom is 0.335 e. The summed E-state index contributed by atoms with van der Waals surface area (Å²) in [7, 11) is 0. The van der Waals surface area contributed by atoms with Gasteiger partial charge in [-0.2, -0.15) is 0 Å². The third kappa shape index (κ3) is 4.01. The highest BCUT2D eigenvalue weighted by Gasteiger charge is 2.40. The van der Waals surface area contributed by atoms with Crippen LogP contribution in [0, 0.1) is 0 Å². The van der Waals surface area contributed by atoms with Crippen LogP contribution < -0.4 is 5.32 Å². The van der Waals surface area contributed by atoms with Gasteiger partial charge in [0.05, 0.1) is 12.2 Å². The van der Waals surface area contributed by atoms with Crippen LogP contribution in [0.2, 0.25) is 0 Å². The molecule has 1 saturated heterocycles. The molecule has 0 bridgehead atoms. The van der Waals surface area contributed by atoms with Gasteiger partial charge < -0.3 is 15.2 Å². The van der Waals surface area contributed by atoms with Gasteiger partial charge in [-0.15, -0.1) is 0 Å². The summed E-state index contributed by atoms with van der Waals surface area (Å²) < 4.78 is 4.72. The van der Waals surface area contributed by atoms with E-state index >= 15 is 0 Å². The lowest BCUT2D eigenvalue weighted by atomic mass is 10.2. The molecule has 2 rings (SSSR count). The first kappa shape index (κ1) is 16.8. The molecule has 2 N–H and O–H groups in total. The van der Waals surface area contributed by atoms with Crippen LogP contribution in [0.4, 0.5) is 10.5 Å². The fraction of sp³-hybridized carbons (Fsp3) is 0.286. The van der Waals surface area contributed by atoms with E-state index in [1.165, 1.54) is 18.2 Å². The number of carbonyl (C=O) groups excluding carboxylic acids is 3. The van der Waals surface area contributed by atoms with Crippen molar-refractivity contribution in [2.45, 2.75) is 12.3 Å². The number of thioether (sulfide) groups is 1. The van der Waals surface area contributed by atoms with Gasteiger partial charge in [-0.05, 0) is 36.9 Å². The van der Waals surface area contributed by atoms with Crippen molar-refractivity contribution in [1.29, 1.82) is 0 Å². The minimum Gasteiger partial charge on any atom is -0.478 e. The Bertz CT molecular complexity index is 662. The van der Waals surface area contributed by atoms with Gasteiger partial charge in [0.15, 0.2) is 5.37 Å². The zero-order valence-electron chi connectivity index (χ0n) is 12.1. The first-order valence-electron chi connectivity index (χ1n) is 6.70. The third-order valence-corrected chi connectivity index (χ3v) is 3.91. The van der Waals surface area contributed by atoms with Crippen molar-refractivity contribution in [3.63, 3.8) is 0 Å². The fourth-order valence-corrected chi connectivity index (χ4v) is 2.82. The van der Waals surface area contributed by atoms with Gasteiger partial charge in [0.2, 0.25) is 0 Å². The Hall–Kier alpha value is -2.55. The number of carboxylic acid groups (broad SMARTS) is 1. The Morgan fingerprint density at radius 1 is 1.39 bits per heavy atom. The number of benzene rings is 1. The van der Waals surface area contributed by atoms with Crippen LogP contribution in [-0.2, 0) is 14.3 Å². The number of nitrogens with one attached hydrogen (secondary N) is 1. The number of carboxylic acids is 1. The zero-order chi connectivity index (χ0) is 17.0. The number of esters is 1. The van der Waals surface area contributed by atoms with Crippen LogP contribution in [0.25, 0.3) is 0 Å². The maximum absolute atomic E-state index is 12.2. The highest BCUT2D eigenvalue weighted by molar-refractivity contribution is 8.15. The Balaban J connectivity index is 2.06. The van der Waals surface area contributed by atoms with Crippen LogP contribution in [0.3, 0.4) is 0 Å². The molecule has 1 aromatic rings. The van der Waals surface area contributed by atoms with E-state index in [0.717, 1.165) is 16.7 Å². The number of ether oxygens (including phenoxy) is 1. The molecule has 8 nitrogen and oxygen atoms in total. The van der Waals surface area contributed by atoms with Gasteiger partial charge in [-0.3, -0.25) is 19.3 Å². The smallest absolute Gasteiger partial charge is 0.335 e. The number of anilines is 1. The Morgan fingerprint density at radius 2 is 2.13 bits per heavy atom. The molecule has 9 heteroatoms. The number of carbonyl (C=O) groups is 4. The summed E-state index contributed by atoms with van der Waals surface area (Å²) >= 11 is 0.722. The van der Waals surface area contributed by atoms with Crippen molar-refractivity contribution in [2.24, 2.45) is 0 Å². The molecule has 122 valence electrons. The molecule has 1 aromatic carbocycles. The first-order valence-corrected chi connectivity index (χ1v) is 7.58. The molecule has 1 fully saturated rings. The van der Waals surface area contributed by atoms with Crippen LogP contribution >= 0.6 is 11.8 Å². The van der Waals surface area contributed by atoms with E-state index in [2.05, 4.69) is 5.32 Å². The van der Waals surface area contributed by atoms with Gasteiger partial charge in [0.25, 0.3) is 11.1 Å². The lowest BCUT2D eigenvalue weighted by Gasteiger charge is -2.14. The summed E-state index contributed by atoms with van der Waals surface area (Å²) in [5.41, 5.74) is 0.446. The average molecular weight is 338 g/mol. The van der Waals surface area contributed by atoms with E-state index in [0.29, 0.717) is 5.69 Å². The monoisotopic (exact) mass is 338 g/mol. The molecule has 0 aliphatic carbocycles. The van der Waals surface area contributed by atoms with Crippen molar-refractivity contribution in [1.82, 2.24) is 4.90 Å². The lowest BCUT2D eigenvalue weighted by Crippen LogP contribution is -2.38. The van der Waals surface area contributed by atoms with E-state index in [-0.39, 0.29) is 12.2 Å². The first-order chi connectivity index (χ1) is 10.9. The molecule has 2 amide bonds. The molecule has 1 aliphatic rings. The molecule has 0 unspecified atom stereocenters. The quantitative estimate of drug-likeness (QED) is 0.748. The number of nitrogens with zero attached hydrogens (tertiary/aromatic N) is 1. The van der Waals surface area contributed by atoms with Crippen molar-refractivity contribution in [2.75, 3.05) is 18.5 Å². The normalized spacial score (nSPS) is 17.3. The van der Waals surface area contributed by atoms with Crippen LogP contribution in [0.5, 0.6) is 0 Å². The van der Waals surface area contributed by atoms with Gasteiger partial charge in [-0.1, -0.05) is 6.07 Å². The molecule has 0 aromatic heterocycles. The molecule has 1 atom stereocenters. The van der Waals surface area contributed by atoms with Crippen molar-refractivity contribution in [3.8, 4) is 0 Å². The van der Waals surface area contributed by atoms with Crippen molar-refractivity contribution in [3.05, 3.63) is 29.8 Å². The van der Waals surface area contributed by atoms with Gasteiger partial charge in [0, 0.05) is 5.69 Å². The third-order valence-electron chi connectivity index (χ3n) is 2.93. The predicted octanol–water partition coefficient (Wildman–Crippen LogP) is 1.38. The highest BCUT2D eigenvalue weighted by atomic mass is 32.2. The molecule has 0 spiro atoms. The topological polar surface area (TPSA) is 113 Å². The summed E-state index contributed by atoms with van der Waals surface area (Å²) in [6.07, 6.45) is 0. The molecular formula is C14H14N2O6S. The van der Waals surface area contributed by atoms with Gasteiger partial charge in [-0.25, -0.2) is 4.79 Å². The second-order valence-electron chi connectivity index (χ2n) is 4.52. The van der Waals surface area contributed by atoms with Crippen LogP contribution in [0.1, 0.15) is 17.3 Å². The standard InChI is InChI=1S/C14H14N2O6S/c1-2-22-10(17)7-16-12(18)11(23-14(16)21)15-9-5-3-4-8(6-9)13(19)20/h3-6,11,15H,2,7H2,1H3,(H,19,20)/t11-/m1/s1. The summed E-state index contributed by atoms with van der Waals surface area (Å²) in [6, 6.07) is 5.87. The Labute approximate surface area is 135 Å². The fourth-order valence-electron chi connectivity index (χ4n) is 1.91. The van der Waals surface area contributed by atoms with E-state index in [9.17, 15) is 19.2 Å². The second-order valence-corrected chi connectivity index (χ2v) is 5.58. The summed E-state index contributed by atoms with van der Waals surface area (Å²) in [6.45, 7) is 1.35. The Kier molecular flexibility index (Phi) is 5.22. The highest BCUT2D eigenvalue weighted by Crippen LogP contribution is 2.28. The van der Waals surface area contributed by atoms with E-state index in [4.69, 9.17) is 9.84 Å². The molecule has 1 heterocycles. The SMILES string of the molecule is CCOC(=O)CN1C(=O)S[C@@H](Nc2cccc(C(=O)O)c2)C1=O. The Morgan fingerprint density at radius 3 is 2.78 bits per heavy atom. The number of amides is 2. The van der Waals surface area contributed by atoms with Crippen LogP contribution in [0.15, 0.2) is 24.3 Å². The molecule has 1 aliphatic heterocycles. The van der Waals surface area contributed by atoms with E-state index in [1.54, 1.807) is 13.0 Å². The lowest BCUT2D eigenvalue weighted by molar-refractivity contribution is -0.146. The summed E-state index contributed by atoms with van der Waals surface area (Å²) in [4.78, 5) is 47.1. The number of hydrogen-bond acceptors (Lipinski definition) is 7. The number of hydrogen-bond donors (Lipinski definition) is 2. The van der Waals surface area contributed by atoms with E-state index < -0.39 is 35.0 Å². The van der Waals surface area contributed by atoms with E-state index in [1.807, 2.05) is 0 Å². The van der Waals surface area contributed by atoms with Gasteiger partial charge in [0.1, 0.15) is 6.54 Å². The summed E-state index contributed by atoms with van der Waals surface area (Å²) in [5, 5.41) is 10.3. The minimum absolute atomic E-state index is 0.0557. The average Bonchev–Trinajstić information content (AvgIpc) is 2.75. The maximum atomic E-state index is 12.2. The van der Waals surface area contributed by atoms with Gasteiger partial charge >= 0.3 is 11.9 Å². The summed E-state index contributed by atoms with van der Waals surface area (Å²) in [5.74, 6) is -2.34. The minimum atomic E-state index is -1.10. The van der Waals surface area contributed by atoms with Crippen molar-refractivity contribution < 1.29 is 29.0 Å². The predicted molar refractivity (Wildman–Crippen MR) is 82.1 cm³/mol. The molecule has 23 heavy (non-hydrogen) atoms. The molecular weight excluding hydrogens is 324 g/mol. The number of imide groups is 1.